The van der Waals surface area contributed by atoms with Crippen LogP contribution < -0.4 is 5.73 Å². The van der Waals surface area contributed by atoms with E-state index in [1.165, 1.54) is 0 Å². The van der Waals surface area contributed by atoms with Crippen molar-refractivity contribution in [2.24, 2.45) is 5.73 Å². The minimum Gasteiger partial charge on any atom is -0.311 e. The first kappa shape index (κ1) is 8.77. The van der Waals surface area contributed by atoms with Crippen LogP contribution in [0.5, 0.6) is 0 Å². The van der Waals surface area contributed by atoms with Crippen LogP contribution in [0.3, 0.4) is 0 Å². The van der Waals surface area contributed by atoms with Crippen molar-refractivity contribution in [3.63, 3.8) is 0 Å². The molecule has 0 saturated carbocycles. The summed E-state index contributed by atoms with van der Waals surface area (Å²) in [7, 11) is 0. The summed E-state index contributed by atoms with van der Waals surface area (Å²) in [4.78, 5) is 9.35. The predicted octanol–water partition coefficient (Wildman–Crippen LogP) is 0.276. The number of ketones is 1. The van der Waals surface area contributed by atoms with Gasteiger partial charge >= 0.3 is 0 Å². The third-order valence-electron chi connectivity index (χ3n) is 0.677. The van der Waals surface area contributed by atoms with E-state index < -0.39 is 16.7 Å². The zero-order valence-corrected chi connectivity index (χ0v) is 5.91. The van der Waals surface area contributed by atoms with E-state index in [9.17, 15) is 4.79 Å². The van der Waals surface area contributed by atoms with E-state index in [4.69, 9.17) is 35.4 Å². The third-order valence-corrected chi connectivity index (χ3v) is 1.11. The molecule has 0 heterocycles. The van der Waals surface area contributed by atoms with Gasteiger partial charge in [0.2, 0.25) is 0 Å². The van der Waals surface area contributed by atoms with E-state index in [2.05, 4.69) is 0 Å². The number of alkyl halides is 2. The molecule has 0 rings (SSSR count). The lowest BCUT2D eigenvalue weighted by molar-refractivity contribution is -0.117. The molecule has 0 aliphatic carbocycles. The lowest BCUT2D eigenvalue weighted by atomic mass is 10.2. The Morgan fingerprint density at radius 1 is 1.67 bits per heavy atom. The highest BCUT2D eigenvalue weighted by molar-refractivity contribution is 6.54. The van der Waals surface area contributed by atoms with E-state index in [1.54, 1.807) is 5.92 Å². The highest BCUT2D eigenvalue weighted by atomic mass is 35.5. The minimum atomic E-state index is -1.15. The molecule has 0 aliphatic rings. The first-order valence-corrected chi connectivity index (χ1v) is 2.96. The van der Waals surface area contributed by atoms with Gasteiger partial charge in [0.15, 0.2) is 10.6 Å². The molecular weight excluding hydrogens is 161 g/mol. The van der Waals surface area contributed by atoms with Crippen molar-refractivity contribution >= 4 is 29.0 Å². The zero-order valence-electron chi connectivity index (χ0n) is 4.40. The number of carbonyl (C=O) groups is 1. The molecule has 4 heteroatoms. The first-order valence-electron chi connectivity index (χ1n) is 2.09. The number of Topliss-reactive ketones (excluding diaryl/α,β-unsaturated/α-hetero) is 1. The Morgan fingerprint density at radius 3 is 2.22 bits per heavy atom. The van der Waals surface area contributed by atoms with Gasteiger partial charge in [-0.25, -0.2) is 0 Å². The average Bonchev–Trinajstić information content (AvgIpc) is 1.84. The molecule has 2 N–H and O–H groups in total. The van der Waals surface area contributed by atoms with Crippen molar-refractivity contribution in [1.29, 1.82) is 0 Å². The molecule has 0 spiro atoms. The van der Waals surface area contributed by atoms with Gasteiger partial charge in [-0.15, -0.1) is 0 Å². The van der Waals surface area contributed by atoms with Crippen molar-refractivity contribution in [3.8, 4) is 5.92 Å². The molecule has 0 aromatic carbocycles. The Labute approximate surface area is 63.3 Å². The topological polar surface area (TPSA) is 43.1 Å². The highest BCUT2D eigenvalue weighted by Crippen LogP contribution is 2.03. The number of carbonyl (C=O) groups excluding carboxylic acids is 1. The number of nitrogens with two attached hydrogens (primary N) is 1. The molecule has 2 nitrogen and oxygen atoms in total. The molecule has 49 valence electrons. The molecule has 1 unspecified atom stereocenters. The number of halogens is 2. The standard InChI is InChI=1S/C5H4Cl2NO/c1-2-3(8)4(9)5(6)7/h3,5H,8H2. The lowest BCUT2D eigenvalue weighted by Crippen LogP contribution is -2.32. The Bertz CT molecular complexity index is 150. The minimum absolute atomic E-state index is 0.603. The Balaban J connectivity index is 3.92. The maximum absolute atomic E-state index is 10.5. The van der Waals surface area contributed by atoms with Crippen LogP contribution in [0, 0.1) is 12.3 Å². The van der Waals surface area contributed by atoms with Crippen LogP contribution in [-0.2, 0) is 4.79 Å². The molecule has 0 saturated heterocycles. The van der Waals surface area contributed by atoms with Gasteiger partial charge in [0, 0.05) is 0 Å². The Morgan fingerprint density at radius 2 is 2.11 bits per heavy atom. The van der Waals surface area contributed by atoms with Crippen LogP contribution in [0.4, 0.5) is 0 Å². The van der Waals surface area contributed by atoms with Crippen molar-refractivity contribution in [2.45, 2.75) is 10.9 Å². The van der Waals surface area contributed by atoms with Crippen molar-refractivity contribution in [3.05, 3.63) is 6.42 Å². The van der Waals surface area contributed by atoms with Crippen LogP contribution in [0.15, 0.2) is 0 Å². The fraction of sp³-hybridized carbons (Fsp3) is 0.400. The van der Waals surface area contributed by atoms with Crippen molar-refractivity contribution < 1.29 is 4.79 Å². The van der Waals surface area contributed by atoms with E-state index in [-0.39, 0.29) is 0 Å². The molecule has 0 bridgehead atoms. The fourth-order valence-electron chi connectivity index (χ4n) is 0.207. The van der Waals surface area contributed by atoms with Gasteiger partial charge in [0.05, 0.1) is 0 Å². The van der Waals surface area contributed by atoms with Gasteiger partial charge in [-0.05, 0) is 6.42 Å². The summed E-state index contributed by atoms with van der Waals surface area (Å²) >= 11 is 10.2. The van der Waals surface area contributed by atoms with Crippen LogP contribution >= 0.6 is 23.2 Å². The maximum atomic E-state index is 10.5. The number of hydrogen-bond acceptors (Lipinski definition) is 2. The zero-order chi connectivity index (χ0) is 7.44. The molecule has 0 aromatic rings. The van der Waals surface area contributed by atoms with Crippen LogP contribution in [0.2, 0.25) is 0 Å². The molecule has 0 aliphatic heterocycles. The predicted molar refractivity (Wildman–Crippen MR) is 35.6 cm³/mol. The molecule has 9 heavy (non-hydrogen) atoms. The van der Waals surface area contributed by atoms with E-state index >= 15 is 0 Å². The summed E-state index contributed by atoms with van der Waals surface area (Å²) in [5, 5.41) is 0. The summed E-state index contributed by atoms with van der Waals surface area (Å²) in [6, 6.07) is -1.09. The summed E-state index contributed by atoms with van der Waals surface area (Å²) in [5.41, 5.74) is 5.00. The second kappa shape index (κ2) is 3.73. The van der Waals surface area contributed by atoms with Gasteiger partial charge in [-0.3, -0.25) is 4.79 Å². The number of hydrogen-bond donors (Lipinski definition) is 1. The van der Waals surface area contributed by atoms with E-state index in [0.29, 0.717) is 0 Å². The summed E-state index contributed by atoms with van der Waals surface area (Å²) in [6.45, 7) is 0. The highest BCUT2D eigenvalue weighted by Gasteiger charge is 2.17. The van der Waals surface area contributed by atoms with Crippen LogP contribution in [-0.4, -0.2) is 16.7 Å². The first-order chi connectivity index (χ1) is 4.09. The largest absolute Gasteiger partial charge is 0.311 e. The van der Waals surface area contributed by atoms with Gasteiger partial charge in [-0.2, -0.15) is 0 Å². The SMILES string of the molecule is [C]#CC(N)C(=O)C(Cl)Cl. The quantitative estimate of drug-likeness (QED) is 0.471. The summed E-state index contributed by atoms with van der Waals surface area (Å²) < 4.78 is 0. The molecule has 1 atom stereocenters. The van der Waals surface area contributed by atoms with Gasteiger partial charge in [0.1, 0.15) is 6.04 Å². The lowest BCUT2D eigenvalue weighted by Gasteiger charge is -2.00. The molecule has 0 amide bonds. The molecule has 1 radical (unpaired) electrons. The Hall–Kier alpha value is -0.230. The van der Waals surface area contributed by atoms with Gasteiger partial charge in [0.25, 0.3) is 0 Å². The molecular formula is C5H4Cl2NO. The monoisotopic (exact) mass is 164 g/mol. The number of rotatable bonds is 2. The van der Waals surface area contributed by atoms with Crippen molar-refractivity contribution in [1.82, 2.24) is 0 Å². The van der Waals surface area contributed by atoms with E-state index in [1.807, 2.05) is 0 Å². The second-order valence-corrected chi connectivity index (χ2v) is 2.42. The molecule has 0 fully saturated rings. The average molecular weight is 165 g/mol. The van der Waals surface area contributed by atoms with Gasteiger partial charge < -0.3 is 5.73 Å². The van der Waals surface area contributed by atoms with Crippen molar-refractivity contribution in [2.75, 3.05) is 0 Å². The summed E-state index contributed by atoms with van der Waals surface area (Å²) in [6.07, 6.45) is 6.42. The summed E-state index contributed by atoms with van der Waals surface area (Å²) in [5.74, 6) is 1.15. The van der Waals surface area contributed by atoms with Crippen LogP contribution in [0.1, 0.15) is 0 Å². The smallest absolute Gasteiger partial charge is 0.194 e. The fourth-order valence-corrected chi connectivity index (χ4v) is 0.478. The maximum Gasteiger partial charge on any atom is 0.194 e. The second-order valence-electron chi connectivity index (χ2n) is 1.33. The van der Waals surface area contributed by atoms with E-state index in [0.717, 1.165) is 0 Å². The Kier molecular flexibility index (Phi) is 3.64. The normalized spacial score (nSPS) is 12.8. The molecule has 0 aromatic heterocycles. The third kappa shape index (κ3) is 2.71. The van der Waals surface area contributed by atoms with Gasteiger partial charge in [-0.1, -0.05) is 29.1 Å². The van der Waals surface area contributed by atoms with Crippen LogP contribution in [0.25, 0.3) is 0 Å².